The Balaban J connectivity index is 1.92. The van der Waals surface area contributed by atoms with Gasteiger partial charge in [0, 0.05) is 21.2 Å². The number of hydrogen-bond donors (Lipinski definition) is 0. The van der Waals surface area contributed by atoms with Crippen LogP contribution in [0, 0.1) is 5.41 Å². The number of rotatable bonds is 3. The minimum absolute atomic E-state index is 0.347. The quantitative estimate of drug-likeness (QED) is 0.709. The van der Waals surface area contributed by atoms with Gasteiger partial charge in [-0.05, 0) is 46.3 Å². The van der Waals surface area contributed by atoms with Gasteiger partial charge in [-0.25, -0.2) is 4.98 Å². The molecule has 0 spiro atoms. The maximum Gasteiger partial charge on any atom is 0.0961 e. The van der Waals surface area contributed by atoms with Gasteiger partial charge in [0.05, 0.1) is 17.4 Å². The largest absolute Gasteiger partial charge is 0.327 e. The van der Waals surface area contributed by atoms with E-state index in [9.17, 15) is 0 Å². The van der Waals surface area contributed by atoms with Gasteiger partial charge in [-0.1, -0.05) is 20.8 Å². The maximum absolute atomic E-state index is 4.57. The zero-order chi connectivity index (χ0) is 13.6. The summed E-state index contributed by atoms with van der Waals surface area (Å²) in [7, 11) is 0. The van der Waals surface area contributed by atoms with E-state index in [1.807, 2.05) is 18.1 Å². The lowest BCUT2D eigenvalue weighted by atomic mass is 10.0. The van der Waals surface area contributed by atoms with E-state index in [4.69, 9.17) is 0 Å². The van der Waals surface area contributed by atoms with Crippen molar-refractivity contribution in [2.24, 2.45) is 5.41 Å². The minimum Gasteiger partial charge on any atom is -0.327 e. The second kappa shape index (κ2) is 4.81. The van der Waals surface area contributed by atoms with Gasteiger partial charge in [0.15, 0.2) is 0 Å². The highest BCUT2D eigenvalue weighted by molar-refractivity contribution is 9.10. The molecule has 4 heteroatoms. The van der Waals surface area contributed by atoms with Crippen LogP contribution in [0.1, 0.15) is 39.7 Å². The molecule has 2 aromatic rings. The fraction of sp³-hybridized carbons (Fsp3) is 0.533. The first-order valence-electron chi connectivity index (χ1n) is 6.73. The molecule has 1 aromatic heterocycles. The molecule has 1 aliphatic rings. The van der Waals surface area contributed by atoms with Gasteiger partial charge in [0.1, 0.15) is 0 Å². The van der Waals surface area contributed by atoms with Crippen molar-refractivity contribution in [3.63, 3.8) is 0 Å². The summed E-state index contributed by atoms with van der Waals surface area (Å²) in [6.07, 6.45) is 4.57. The molecule has 0 amide bonds. The van der Waals surface area contributed by atoms with Gasteiger partial charge in [-0.2, -0.15) is 0 Å². The van der Waals surface area contributed by atoms with E-state index in [1.165, 1.54) is 27.7 Å². The molecule has 19 heavy (non-hydrogen) atoms. The first-order valence-corrected chi connectivity index (χ1v) is 8.51. The SMILES string of the molecule is CC(C)(C)CSc1cc(Br)c2c(c1)ncn2C1CC1. The predicted octanol–water partition coefficient (Wildman–Crippen LogP) is 5.27. The molecule has 1 aliphatic carbocycles. The third-order valence-corrected chi connectivity index (χ3v) is 5.39. The van der Waals surface area contributed by atoms with E-state index in [-0.39, 0.29) is 0 Å². The number of imidazole rings is 1. The van der Waals surface area contributed by atoms with Crippen molar-refractivity contribution in [3.05, 3.63) is 22.9 Å². The lowest BCUT2D eigenvalue weighted by Gasteiger charge is -2.17. The molecular formula is C15H19BrN2S. The molecule has 0 radical (unpaired) electrons. The third kappa shape index (κ3) is 3.00. The molecule has 1 saturated carbocycles. The fourth-order valence-electron chi connectivity index (χ4n) is 2.11. The molecule has 0 bridgehead atoms. The molecule has 0 N–H and O–H groups in total. The number of benzene rings is 1. The molecule has 102 valence electrons. The highest BCUT2D eigenvalue weighted by atomic mass is 79.9. The zero-order valence-corrected chi connectivity index (χ0v) is 14.0. The average Bonchev–Trinajstić information content (AvgIpc) is 3.06. The Morgan fingerprint density at radius 2 is 2.11 bits per heavy atom. The van der Waals surface area contributed by atoms with Crippen LogP contribution in [0.2, 0.25) is 0 Å². The van der Waals surface area contributed by atoms with E-state index in [2.05, 4.69) is 58.4 Å². The Labute approximate surface area is 127 Å². The number of halogens is 1. The zero-order valence-electron chi connectivity index (χ0n) is 11.6. The topological polar surface area (TPSA) is 17.8 Å². The van der Waals surface area contributed by atoms with Gasteiger partial charge >= 0.3 is 0 Å². The number of thioether (sulfide) groups is 1. The Kier molecular flexibility index (Phi) is 3.42. The van der Waals surface area contributed by atoms with Crippen molar-refractivity contribution in [1.82, 2.24) is 9.55 Å². The van der Waals surface area contributed by atoms with Gasteiger partial charge in [-0.15, -0.1) is 11.8 Å². The first kappa shape index (κ1) is 13.5. The molecule has 0 atom stereocenters. The van der Waals surface area contributed by atoms with Crippen LogP contribution in [0.3, 0.4) is 0 Å². The normalized spacial score (nSPS) is 16.2. The maximum atomic E-state index is 4.57. The van der Waals surface area contributed by atoms with Crippen molar-refractivity contribution >= 4 is 38.7 Å². The van der Waals surface area contributed by atoms with Crippen LogP contribution in [0.25, 0.3) is 11.0 Å². The summed E-state index contributed by atoms with van der Waals surface area (Å²) in [4.78, 5) is 5.87. The summed E-state index contributed by atoms with van der Waals surface area (Å²) in [6.45, 7) is 6.82. The summed E-state index contributed by atoms with van der Waals surface area (Å²) in [5.74, 6) is 1.12. The monoisotopic (exact) mass is 338 g/mol. The molecule has 0 aliphatic heterocycles. The van der Waals surface area contributed by atoms with E-state index in [1.54, 1.807) is 0 Å². The molecule has 0 unspecified atom stereocenters. The van der Waals surface area contributed by atoms with Crippen LogP contribution in [-0.2, 0) is 0 Å². The van der Waals surface area contributed by atoms with E-state index >= 15 is 0 Å². The van der Waals surface area contributed by atoms with Crippen molar-refractivity contribution in [3.8, 4) is 0 Å². The standard InChI is InChI=1S/C15H19BrN2S/c1-15(2,3)8-19-11-6-12(16)14-13(7-11)17-9-18(14)10-4-5-10/h6-7,9-10H,4-5,8H2,1-3H3. The Morgan fingerprint density at radius 3 is 2.74 bits per heavy atom. The summed E-state index contributed by atoms with van der Waals surface area (Å²) in [5.41, 5.74) is 2.71. The van der Waals surface area contributed by atoms with Crippen LogP contribution in [0.5, 0.6) is 0 Å². The Morgan fingerprint density at radius 1 is 1.37 bits per heavy atom. The molecule has 1 fully saturated rings. The molecule has 2 nitrogen and oxygen atoms in total. The van der Waals surface area contributed by atoms with Gasteiger partial charge in [-0.3, -0.25) is 0 Å². The van der Waals surface area contributed by atoms with Crippen molar-refractivity contribution in [2.75, 3.05) is 5.75 Å². The Hall–Kier alpha value is -0.480. The van der Waals surface area contributed by atoms with E-state index < -0.39 is 0 Å². The predicted molar refractivity (Wildman–Crippen MR) is 85.9 cm³/mol. The lowest BCUT2D eigenvalue weighted by molar-refractivity contribution is 0.481. The molecule has 0 saturated heterocycles. The highest BCUT2D eigenvalue weighted by Crippen LogP contribution is 2.40. The Bertz CT molecular complexity index is 608. The molecule has 1 aromatic carbocycles. The molecule has 1 heterocycles. The summed E-state index contributed by atoms with van der Waals surface area (Å²) in [6, 6.07) is 5.13. The van der Waals surface area contributed by atoms with Crippen molar-refractivity contribution < 1.29 is 0 Å². The lowest BCUT2D eigenvalue weighted by Crippen LogP contribution is -2.07. The number of hydrogen-bond acceptors (Lipinski definition) is 2. The average molecular weight is 339 g/mol. The summed E-state index contributed by atoms with van der Waals surface area (Å²) < 4.78 is 3.49. The number of nitrogens with zero attached hydrogens (tertiary/aromatic N) is 2. The van der Waals surface area contributed by atoms with E-state index in [0.717, 1.165) is 11.3 Å². The summed E-state index contributed by atoms with van der Waals surface area (Å²) in [5, 5.41) is 0. The van der Waals surface area contributed by atoms with Gasteiger partial charge in [0.2, 0.25) is 0 Å². The summed E-state index contributed by atoms with van der Waals surface area (Å²) >= 11 is 5.63. The van der Waals surface area contributed by atoms with Crippen molar-refractivity contribution in [2.45, 2.75) is 44.6 Å². The van der Waals surface area contributed by atoms with Crippen LogP contribution >= 0.6 is 27.7 Å². The second-order valence-corrected chi connectivity index (χ2v) is 8.41. The number of fused-ring (bicyclic) bond motifs is 1. The van der Waals surface area contributed by atoms with Gasteiger partial charge in [0.25, 0.3) is 0 Å². The van der Waals surface area contributed by atoms with Crippen molar-refractivity contribution in [1.29, 1.82) is 0 Å². The van der Waals surface area contributed by atoms with Crippen LogP contribution in [-0.4, -0.2) is 15.3 Å². The van der Waals surface area contributed by atoms with E-state index in [0.29, 0.717) is 11.5 Å². The molecule has 3 rings (SSSR count). The first-order chi connectivity index (χ1) is 8.94. The molecular weight excluding hydrogens is 320 g/mol. The van der Waals surface area contributed by atoms with Crippen LogP contribution < -0.4 is 0 Å². The fourth-order valence-corrected chi connectivity index (χ4v) is 3.91. The smallest absolute Gasteiger partial charge is 0.0961 e. The highest BCUT2D eigenvalue weighted by Gasteiger charge is 2.26. The van der Waals surface area contributed by atoms with Crippen LogP contribution in [0.4, 0.5) is 0 Å². The number of aromatic nitrogens is 2. The van der Waals surface area contributed by atoms with Gasteiger partial charge < -0.3 is 4.57 Å². The minimum atomic E-state index is 0.347. The third-order valence-electron chi connectivity index (χ3n) is 3.21. The second-order valence-electron chi connectivity index (χ2n) is 6.51. The van der Waals surface area contributed by atoms with Crippen LogP contribution in [0.15, 0.2) is 27.8 Å².